The number of likely N-dealkylation sites (tertiary alicyclic amines) is 1. The maximum atomic E-state index is 13.1. The predicted octanol–water partition coefficient (Wildman–Crippen LogP) is 4.04. The van der Waals surface area contributed by atoms with Gasteiger partial charge >= 0.3 is 0 Å². The number of aldehydes is 1. The van der Waals surface area contributed by atoms with E-state index in [1.165, 1.54) is 11.3 Å². The first-order chi connectivity index (χ1) is 17.5. The molecular formula is C28H27N5O2S. The first-order valence-electron chi connectivity index (χ1n) is 12.0. The average Bonchev–Trinajstić information content (AvgIpc) is 3.48. The number of hydrogen-bond donors (Lipinski definition) is 1. The first kappa shape index (κ1) is 23.9. The number of benzene rings is 2. The Morgan fingerprint density at radius 3 is 2.78 bits per heavy atom. The Kier molecular flexibility index (Phi) is 6.94. The Morgan fingerprint density at radius 1 is 1.25 bits per heavy atom. The molecule has 2 aromatic heterocycles. The number of nitrogens with zero attached hydrogens (tertiary/aromatic N) is 4. The fourth-order valence-corrected chi connectivity index (χ4v) is 5.60. The fraction of sp³-hybridized carbons (Fsp3) is 0.286. The third kappa shape index (κ3) is 5.08. The molecule has 36 heavy (non-hydrogen) atoms. The SMILES string of the molecule is C#Cc1cc(C=O)cc(CN2CCC(NC(=O)Cn3c(-c4scnc4C)nc4ccccc43)CC2)c1. The van der Waals surface area contributed by atoms with Gasteiger partial charge in [-0.05, 0) is 55.7 Å². The van der Waals surface area contributed by atoms with Crippen LogP contribution in [0.15, 0.2) is 48.0 Å². The minimum atomic E-state index is -0.0163. The molecule has 4 aromatic rings. The molecule has 2 aromatic carbocycles. The molecule has 1 N–H and O–H groups in total. The van der Waals surface area contributed by atoms with Gasteiger partial charge in [-0.25, -0.2) is 9.97 Å². The van der Waals surface area contributed by atoms with Crippen molar-refractivity contribution in [2.24, 2.45) is 0 Å². The summed E-state index contributed by atoms with van der Waals surface area (Å²) in [5.41, 5.74) is 6.89. The highest BCUT2D eigenvalue weighted by atomic mass is 32.1. The lowest BCUT2D eigenvalue weighted by Crippen LogP contribution is -2.45. The molecule has 0 radical (unpaired) electrons. The number of rotatable bonds is 7. The number of amides is 1. The molecule has 7 nitrogen and oxygen atoms in total. The number of terminal acetylenes is 1. The molecule has 1 aliphatic heterocycles. The first-order valence-corrected chi connectivity index (χ1v) is 12.8. The van der Waals surface area contributed by atoms with Gasteiger partial charge in [0.1, 0.15) is 12.8 Å². The van der Waals surface area contributed by atoms with E-state index < -0.39 is 0 Å². The number of carbonyl (C=O) groups is 2. The summed E-state index contributed by atoms with van der Waals surface area (Å²) in [5.74, 6) is 3.38. The number of para-hydroxylation sites is 2. The second-order valence-electron chi connectivity index (χ2n) is 9.12. The molecule has 0 atom stereocenters. The average molecular weight is 498 g/mol. The summed E-state index contributed by atoms with van der Waals surface area (Å²) in [6, 6.07) is 13.6. The smallest absolute Gasteiger partial charge is 0.240 e. The summed E-state index contributed by atoms with van der Waals surface area (Å²) in [4.78, 5) is 36.8. The molecule has 182 valence electrons. The number of imidazole rings is 1. The molecule has 1 aliphatic rings. The second kappa shape index (κ2) is 10.4. The molecule has 1 fully saturated rings. The van der Waals surface area contributed by atoms with Crippen molar-refractivity contribution in [3.8, 4) is 23.0 Å². The van der Waals surface area contributed by atoms with Crippen molar-refractivity contribution < 1.29 is 9.59 Å². The maximum absolute atomic E-state index is 13.1. The monoisotopic (exact) mass is 497 g/mol. The Labute approximate surface area is 214 Å². The van der Waals surface area contributed by atoms with Crippen molar-refractivity contribution >= 4 is 34.6 Å². The van der Waals surface area contributed by atoms with Crippen LogP contribution in [0.4, 0.5) is 0 Å². The number of fused-ring (bicyclic) bond motifs is 1. The van der Waals surface area contributed by atoms with Crippen molar-refractivity contribution in [3.63, 3.8) is 0 Å². The number of aryl methyl sites for hydroxylation is 1. The van der Waals surface area contributed by atoms with Crippen molar-refractivity contribution in [1.29, 1.82) is 0 Å². The molecule has 3 heterocycles. The third-order valence-electron chi connectivity index (χ3n) is 6.58. The van der Waals surface area contributed by atoms with E-state index in [-0.39, 0.29) is 18.5 Å². The number of hydrogen-bond acceptors (Lipinski definition) is 6. The van der Waals surface area contributed by atoms with Crippen LogP contribution < -0.4 is 5.32 Å². The largest absolute Gasteiger partial charge is 0.352 e. The van der Waals surface area contributed by atoms with Crippen molar-refractivity contribution in [2.45, 2.75) is 38.9 Å². The Morgan fingerprint density at radius 2 is 2.06 bits per heavy atom. The number of aromatic nitrogens is 3. The third-order valence-corrected chi connectivity index (χ3v) is 7.51. The number of nitrogens with one attached hydrogen (secondary N) is 1. The lowest BCUT2D eigenvalue weighted by atomic mass is 10.0. The Bertz CT molecular complexity index is 1460. The van der Waals surface area contributed by atoms with E-state index in [1.54, 1.807) is 6.07 Å². The summed E-state index contributed by atoms with van der Waals surface area (Å²) in [5, 5.41) is 3.23. The van der Waals surface area contributed by atoms with Gasteiger partial charge in [-0.15, -0.1) is 17.8 Å². The zero-order valence-electron chi connectivity index (χ0n) is 20.1. The lowest BCUT2D eigenvalue weighted by molar-refractivity contribution is -0.122. The van der Waals surface area contributed by atoms with Crippen LogP contribution in [0.3, 0.4) is 0 Å². The van der Waals surface area contributed by atoms with Gasteiger partial charge in [0, 0.05) is 36.8 Å². The summed E-state index contributed by atoms with van der Waals surface area (Å²) in [6.07, 6.45) is 8.10. The number of thiazole rings is 1. The summed E-state index contributed by atoms with van der Waals surface area (Å²) >= 11 is 1.54. The van der Waals surface area contributed by atoms with Gasteiger partial charge in [-0.2, -0.15) is 0 Å². The molecule has 1 saturated heterocycles. The van der Waals surface area contributed by atoms with E-state index in [0.717, 1.165) is 77.3 Å². The fourth-order valence-electron chi connectivity index (χ4n) is 4.80. The van der Waals surface area contributed by atoms with Gasteiger partial charge in [0.25, 0.3) is 0 Å². The van der Waals surface area contributed by atoms with E-state index in [9.17, 15) is 9.59 Å². The number of carbonyl (C=O) groups excluding carboxylic acids is 2. The highest BCUT2D eigenvalue weighted by Crippen LogP contribution is 2.30. The molecule has 8 heteroatoms. The summed E-state index contributed by atoms with van der Waals surface area (Å²) < 4.78 is 1.99. The molecule has 0 saturated carbocycles. The second-order valence-corrected chi connectivity index (χ2v) is 9.98. The van der Waals surface area contributed by atoms with E-state index in [4.69, 9.17) is 11.4 Å². The van der Waals surface area contributed by atoms with Gasteiger partial charge in [-0.3, -0.25) is 14.5 Å². The topological polar surface area (TPSA) is 80.1 Å². The summed E-state index contributed by atoms with van der Waals surface area (Å²) in [7, 11) is 0. The molecular weight excluding hydrogens is 470 g/mol. The Hall–Kier alpha value is -3.80. The van der Waals surface area contributed by atoms with Gasteiger partial charge in [0.2, 0.25) is 5.91 Å². The quantitative estimate of drug-likeness (QED) is 0.308. The number of piperidine rings is 1. The predicted molar refractivity (Wildman–Crippen MR) is 142 cm³/mol. The van der Waals surface area contributed by atoms with Crippen LogP contribution in [-0.2, 0) is 17.9 Å². The standard InChI is InChI=1S/C28H27N5O2S/c1-3-20-12-21(14-22(13-20)17-34)15-32-10-8-23(9-11-32)30-26(35)16-33-25-7-5-4-6-24(25)31-28(33)27-19(2)29-18-36-27/h1,4-7,12-14,17-18,23H,8-11,15-16H2,2H3,(H,30,35). The van der Waals surface area contributed by atoms with E-state index in [1.807, 2.05) is 53.4 Å². The normalized spacial score (nSPS) is 14.6. The molecule has 0 spiro atoms. The highest BCUT2D eigenvalue weighted by molar-refractivity contribution is 7.13. The van der Waals surface area contributed by atoms with Crippen LogP contribution in [0.2, 0.25) is 0 Å². The minimum absolute atomic E-state index is 0.0163. The van der Waals surface area contributed by atoms with Crippen LogP contribution in [-0.4, -0.2) is 50.8 Å². The Balaban J connectivity index is 1.22. The molecule has 5 rings (SSSR count). The molecule has 1 amide bonds. The van der Waals surface area contributed by atoms with Crippen molar-refractivity contribution in [3.05, 3.63) is 70.4 Å². The van der Waals surface area contributed by atoms with Crippen LogP contribution in [0.5, 0.6) is 0 Å². The highest BCUT2D eigenvalue weighted by Gasteiger charge is 2.23. The zero-order valence-corrected chi connectivity index (χ0v) is 20.9. The molecule has 0 bridgehead atoms. The molecule has 0 unspecified atom stereocenters. The minimum Gasteiger partial charge on any atom is -0.352 e. The van der Waals surface area contributed by atoms with Gasteiger partial charge < -0.3 is 9.88 Å². The molecule has 0 aliphatic carbocycles. The summed E-state index contributed by atoms with van der Waals surface area (Å²) in [6.45, 7) is 4.63. The lowest BCUT2D eigenvalue weighted by Gasteiger charge is -2.32. The van der Waals surface area contributed by atoms with Crippen LogP contribution in [0.25, 0.3) is 21.7 Å². The van der Waals surface area contributed by atoms with E-state index in [0.29, 0.717) is 5.56 Å². The van der Waals surface area contributed by atoms with Crippen LogP contribution in [0.1, 0.15) is 40.0 Å². The van der Waals surface area contributed by atoms with E-state index in [2.05, 4.69) is 21.1 Å². The van der Waals surface area contributed by atoms with Gasteiger partial charge in [0.05, 0.1) is 27.1 Å². The van der Waals surface area contributed by atoms with Gasteiger partial charge in [0.15, 0.2) is 5.82 Å². The van der Waals surface area contributed by atoms with E-state index >= 15 is 0 Å². The van der Waals surface area contributed by atoms with Crippen molar-refractivity contribution in [1.82, 2.24) is 24.8 Å². The van der Waals surface area contributed by atoms with Crippen LogP contribution in [0, 0.1) is 19.3 Å². The van der Waals surface area contributed by atoms with Crippen LogP contribution >= 0.6 is 11.3 Å². The zero-order chi connectivity index (χ0) is 25.1. The van der Waals surface area contributed by atoms with Gasteiger partial charge in [-0.1, -0.05) is 18.1 Å². The maximum Gasteiger partial charge on any atom is 0.240 e. The van der Waals surface area contributed by atoms with Crippen molar-refractivity contribution in [2.75, 3.05) is 13.1 Å².